The number of anilines is 2. The maximum absolute atomic E-state index is 12.4. The van der Waals surface area contributed by atoms with Crippen LogP contribution in [0.5, 0.6) is 0 Å². The molecule has 3 rings (SSSR count). The van der Waals surface area contributed by atoms with E-state index in [0.29, 0.717) is 16.9 Å². The number of hydrogen-bond acceptors (Lipinski definition) is 3. The van der Waals surface area contributed by atoms with Gasteiger partial charge in [-0.15, -0.1) is 0 Å². The standard InChI is InChI=1S/C21H20N2O3S/c1-15-11-12-17(13-16(15)2)21(24)22-18-7-6-8-19(14-18)23-27(25,26)20-9-4-3-5-10-20/h3-14,23H,1-2H3,(H,22,24). The van der Waals surface area contributed by atoms with Gasteiger partial charge in [-0.1, -0.05) is 30.3 Å². The molecular formula is C21H20N2O3S. The smallest absolute Gasteiger partial charge is 0.261 e. The van der Waals surface area contributed by atoms with Gasteiger partial charge >= 0.3 is 0 Å². The summed E-state index contributed by atoms with van der Waals surface area (Å²) >= 11 is 0. The first kappa shape index (κ1) is 18.7. The second-order valence-corrected chi connectivity index (χ2v) is 7.93. The molecule has 0 aliphatic rings. The zero-order valence-electron chi connectivity index (χ0n) is 15.1. The summed E-state index contributed by atoms with van der Waals surface area (Å²) in [7, 11) is -3.68. The number of hydrogen-bond donors (Lipinski definition) is 2. The Balaban J connectivity index is 1.77. The summed E-state index contributed by atoms with van der Waals surface area (Å²) in [5.74, 6) is -0.249. The van der Waals surface area contributed by atoms with Gasteiger partial charge in [-0.25, -0.2) is 8.42 Å². The highest BCUT2D eigenvalue weighted by molar-refractivity contribution is 7.92. The third-order valence-electron chi connectivity index (χ3n) is 4.20. The van der Waals surface area contributed by atoms with Crippen molar-refractivity contribution in [3.05, 3.63) is 89.5 Å². The molecule has 0 aliphatic carbocycles. The Kier molecular flexibility index (Phi) is 5.28. The van der Waals surface area contributed by atoms with E-state index in [1.165, 1.54) is 12.1 Å². The number of amides is 1. The summed E-state index contributed by atoms with van der Waals surface area (Å²) < 4.78 is 27.4. The van der Waals surface area contributed by atoms with Gasteiger partial charge in [0.25, 0.3) is 15.9 Å². The Morgan fingerprint density at radius 2 is 1.48 bits per heavy atom. The summed E-state index contributed by atoms with van der Waals surface area (Å²) in [6.07, 6.45) is 0. The van der Waals surface area contributed by atoms with E-state index in [9.17, 15) is 13.2 Å². The second kappa shape index (κ2) is 7.63. The van der Waals surface area contributed by atoms with Gasteiger partial charge in [0.2, 0.25) is 0 Å². The fraction of sp³-hybridized carbons (Fsp3) is 0.0952. The van der Waals surface area contributed by atoms with Crippen molar-refractivity contribution in [3.63, 3.8) is 0 Å². The number of benzene rings is 3. The molecule has 0 aliphatic heterocycles. The van der Waals surface area contributed by atoms with Crippen LogP contribution >= 0.6 is 0 Å². The molecule has 0 radical (unpaired) electrons. The summed E-state index contributed by atoms with van der Waals surface area (Å²) in [4.78, 5) is 12.6. The Bertz CT molecular complexity index is 1080. The molecule has 1 amide bonds. The van der Waals surface area contributed by atoms with E-state index < -0.39 is 10.0 Å². The molecule has 0 saturated heterocycles. The molecular weight excluding hydrogens is 360 g/mol. The number of aryl methyl sites for hydroxylation is 2. The minimum atomic E-state index is -3.68. The van der Waals surface area contributed by atoms with Crippen molar-refractivity contribution in [1.82, 2.24) is 0 Å². The average molecular weight is 380 g/mol. The molecule has 138 valence electrons. The van der Waals surface area contributed by atoms with Gasteiger partial charge in [-0.05, 0) is 67.4 Å². The number of carbonyl (C=O) groups excluding carboxylic acids is 1. The first-order chi connectivity index (χ1) is 12.8. The molecule has 0 fully saturated rings. The van der Waals surface area contributed by atoms with Crippen molar-refractivity contribution in [2.45, 2.75) is 18.7 Å². The van der Waals surface area contributed by atoms with Gasteiger partial charge in [0.05, 0.1) is 10.6 Å². The maximum Gasteiger partial charge on any atom is 0.261 e. The predicted molar refractivity (Wildman–Crippen MR) is 108 cm³/mol. The van der Waals surface area contributed by atoms with E-state index in [0.717, 1.165) is 11.1 Å². The second-order valence-electron chi connectivity index (χ2n) is 6.25. The van der Waals surface area contributed by atoms with E-state index in [4.69, 9.17) is 0 Å². The Morgan fingerprint density at radius 1 is 0.778 bits per heavy atom. The molecule has 0 aromatic heterocycles. The lowest BCUT2D eigenvalue weighted by Gasteiger charge is -2.11. The zero-order chi connectivity index (χ0) is 19.4. The Hall–Kier alpha value is -3.12. The number of sulfonamides is 1. The van der Waals surface area contributed by atoms with Crippen LogP contribution in [0.2, 0.25) is 0 Å². The van der Waals surface area contributed by atoms with Gasteiger partial charge in [-0.2, -0.15) is 0 Å². The highest BCUT2D eigenvalue weighted by atomic mass is 32.2. The Morgan fingerprint density at radius 3 is 2.19 bits per heavy atom. The average Bonchev–Trinajstić information content (AvgIpc) is 2.64. The molecule has 0 bridgehead atoms. The van der Waals surface area contributed by atoms with Gasteiger partial charge in [0.15, 0.2) is 0 Å². The topological polar surface area (TPSA) is 75.3 Å². The van der Waals surface area contributed by atoms with Crippen molar-refractivity contribution in [3.8, 4) is 0 Å². The zero-order valence-corrected chi connectivity index (χ0v) is 15.9. The summed E-state index contributed by atoms with van der Waals surface area (Å²) in [6.45, 7) is 3.93. The van der Waals surface area contributed by atoms with Crippen LogP contribution in [-0.4, -0.2) is 14.3 Å². The maximum atomic E-state index is 12.4. The van der Waals surface area contributed by atoms with Crippen LogP contribution in [-0.2, 0) is 10.0 Å². The van der Waals surface area contributed by atoms with Crippen LogP contribution in [0.3, 0.4) is 0 Å². The first-order valence-corrected chi connectivity index (χ1v) is 9.90. The fourth-order valence-corrected chi connectivity index (χ4v) is 3.63. The molecule has 0 heterocycles. The molecule has 5 nitrogen and oxygen atoms in total. The quantitative estimate of drug-likeness (QED) is 0.691. The van der Waals surface area contributed by atoms with Crippen molar-refractivity contribution in [2.24, 2.45) is 0 Å². The third kappa shape index (κ3) is 4.54. The van der Waals surface area contributed by atoms with Crippen LogP contribution in [0.25, 0.3) is 0 Å². The van der Waals surface area contributed by atoms with E-state index in [2.05, 4.69) is 10.0 Å². The lowest BCUT2D eigenvalue weighted by molar-refractivity contribution is 0.102. The monoisotopic (exact) mass is 380 g/mol. The first-order valence-electron chi connectivity index (χ1n) is 8.42. The molecule has 0 atom stereocenters. The van der Waals surface area contributed by atoms with Crippen molar-refractivity contribution in [2.75, 3.05) is 10.0 Å². The number of rotatable bonds is 5. The molecule has 3 aromatic carbocycles. The van der Waals surface area contributed by atoms with Crippen LogP contribution in [0.15, 0.2) is 77.7 Å². The van der Waals surface area contributed by atoms with Crippen LogP contribution in [0.4, 0.5) is 11.4 Å². The van der Waals surface area contributed by atoms with Crippen molar-refractivity contribution in [1.29, 1.82) is 0 Å². The van der Waals surface area contributed by atoms with Crippen molar-refractivity contribution >= 4 is 27.3 Å². The van der Waals surface area contributed by atoms with Crippen LogP contribution in [0, 0.1) is 13.8 Å². The van der Waals surface area contributed by atoms with Crippen LogP contribution in [0.1, 0.15) is 21.5 Å². The largest absolute Gasteiger partial charge is 0.322 e. The van der Waals surface area contributed by atoms with Gasteiger partial charge < -0.3 is 5.32 Å². The van der Waals surface area contributed by atoms with Crippen molar-refractivity contribution < 1.29 is 13.2 Å². The van der Waals surface area contributed by atoms with Gasteiger partial charge in [0, 0.05) is 11.3 Å². The van der Waals surface area contributed by atoms with E-state index in [1.54, 1.807) is 48.5 Å². The highest BCUT2D eigenvalue weighted by Gasteiger charge is 2.14. The van der Waals surface area contributed by atoms with Crippen LogP contribution < -0.4 is 10.0 Å². The summed E-state index contributed by atoms with van der Waals surface area (Å²) in [6, 6.07) is 20.2. The van der Waals surface area contributed by atoms with Gasteiger partial charge in [0.1, 0.15) is 0 Å². The highest BCUT2D eigenvalue weighted by Crippen LogP contribution is 2.20. The molecule has 0 saturated carbocycles. The molecule has 0 spiro atoms. The molecule has 6 heteroatoms. The molecule has 2 N–H and O–H groups in total. The lowest BCUT2D eigenvalue weighted by atomic mass is 10.1. The molecule has 3 aromatic rings. The minimum absolute atomic E-state index is 0.176. The number of carbonyl (C=O) groups is 1. The molecule has 27 heavy (non-hydrogen) atoms. The fourth-order valence-electron chi connectivity index (χ4n) is 2.56. The molecule has 0 unspecified atom stereocenters. The lowest BCUT2D eigenvalue weighted by Crippen LogP contribution is -2.14. The summed E-state index contributed by atoms with van der Waals surface area (Å²) in [5.41, 5.74) is 3.58. The van der Waals surface area contributed by atoms with E-state index in [-0.39, 0.29) is 10.8 Å². The predicted octanol–water partition coefficient (Wildman–Crippen LogP) is 4.36. The third-order valence-corrected chi connectivity index (χ3v) is 5.59. The minimum Gasteiger partial charge on any atom is -0.322 e. The van der Waals surface area contributed by atoms with E-state index in [1.807, 2.05) is 26.0 Å². The van der Waals surface area contributed by atoms with Gasteiger partial charge in [-0.3, -0.25) is 9.52 Å². The number of nitrogens with one attached hydrogen (secondary N) is 2. The Labute approximate surface area is 159 Å². The SMILES string of the molecule is Cc1ccc(C(=O)Nc2cccc(NS(=O)(=O)c3ccccc3)c2)cc1C. The van der Waals surface area contributed by atoms with E-state index >= 15 is 0 Å². The summed E-state index contributed by atoms with van der Waals surface area (Å²) in [5, 5.41) is 2.80. The normalized spacial score (nSPS) is 11.0.